The molecule has 3 nitrogen and oxygen atoms in total. The van der Waals surface area contributed by atoms with Crippen molar-refractivity contribution in [1.29, 1.82) is 0 Å². The van der Waals surface area contributed by atoms with Crippen molar-refractivity contribution >= 4 is 5.69 Å². The van der Waals surface area contributed by atoms with Gasteiger partial charge in [-0.3, -0.25) is 0 Å². The number of aromatic nitrogens is 1. The Bertz CT molecular complexity index is 1050. The van der Waals surface area contributed by atoms with Gasteiger partial charge in [-0.05, 0) is 41.0 Å². The molecule has 1 heterocycles. The molecule has 0 fully saturated rings. The lowest BCUT2D eigenvalue weighted by atomic mass is 9.99. The molecule has 0 atom stereocenters. The Morgan fingerprint density at radius 1 is 0.593 bits per heavy atom. The Morgan fingerprint density at radius 3 is 1.93 bits per heavy atom. The van der Waals surface area contributed by atoms with Crippen LogP contribution in [0, 0.1) is 0 Å². The second kappa shape index (κ2) is 7.44. The average molecular weight is 351 g/mol. The number of hydrogen-bond acceptors (Lipinski definition) is 3. The van der Waals surface area contributed by atoms with E-state index >= 15 is 0 Å². The van der Waals surface area contributed by atoms with Crippen LogP contribution >= 0.6 is 0 Å². The summed E-state index contributed by atoms with van der Waals surface area (Å²) in [5.41, 5.74) is 19.8. The molecule has 3 aromatic carbocycles. The molecule has 3 heteroatoms. The molecule has 0 spiro atoms. The summed E-state index contributed by atoms with van der Waals surface area (Å²) in [6.45, 7) is 0.542. The van der Waals surface area contributed by atoms with Crippen molar-refractivity contribution < 1.29 is 0 Å². The van der Waals surface area contributed by atoms with Crippen LogP contribution < -0.4 is 11.5 Å². The zero-order chi connectivity index (χ0) is 18.6. The second-order valence-corrected chi connectivity index (χ2v) is 6.52. The fourth-order valence-electron chi connectivity index (χ4n) is 3.13. The maximum Gasteiger partial charge on any atom is 0.0716 e. The number of hydrogen-bond donors (Lipinski definition) is 2. The van der Waals surface area contributed by atoms with Gasteiger partial charge in [0.1, 0.15) is 0 Å². The summed E-state index contributed by atoms with van der Waals surface area (Å²) >= 11 is 0. The average Bonchev–Trinajstić information content (AvgIpc) is 2.74. The van der Waals surface area contributed by atoms with E-state index in [0.717, 1.165) is 44.9 Å². The molecule has 0 aliphatic heterocycles. The molecule has 1 aromatic heterocycles. The van der Waals surface area contributed by atoms with E-state index in [1.165, 1.54) is 0 Å². The fourth-order valence-corrected chi connectivity index (χ4v) is 3.13. The second-order valence-electron chi connectivity index (χ2n) is 6.52. The SMILES string of the molecule is NCc1ccc(-c2cc(-c3ccccc3)nc(-c3cccc(N)c3)c2)cc1. The highest BCUT2D eigenvalue weighted by atomic mass is 14.7. The summed E-state index contributed by atoms with van der Waals surface area (Å²) in [7, 11) is 0. The first-order chi connectivity index (χ1) is 13.2. The van der Waals surface area contributed by atoms with Gasteiger partial charge < -0.3 is 11.5 Å². The van der Waals surface area contributed by atoms with E-state index in [1.807, 2.05) is 42.5 Å². The first-order valence-electron chi connectivity index (χ1n) is 8.96. The van der Waals surface area contributed by atoms with Crippen LogP contribution in [0.25, 0.3) is 33.6 Å². The van der Waals surface area contributed by atoms with E-state index in [1.54, 1.807) is 0 Å². The number of benzene rings is 3. The predicted octanol–water partition coefficient (Wildman–Crippen LogP) is 5.12. The van der Waals surface area contributed by atoms with Crippen LogP contribution in [0.3, 0.4) is 0 Å². The highest BCUT2D eigenvalue weighted by Gasteiger charge is 2.09. The Labute approximate surface area is 159 Å². The molecule has 0 amide bonds. The van der Waals surface area contributed by atoms with E-state index in [-0.39, 0.29) is 0 Å². The highest BCUT2D eigenvalue weighted by molar-refractivity contribution is 5.77. The Morgan fingerprint density at radius 2 is 1.26 bits per heavy atom. The fraction of sp³-hybridized carbons (Fsp3) is 0.0417. The van der Waals surface area contributed by atoms with Crippen molar-refractivity contribution in [2.45, 2.75) is 6.54 Å². The van der Waals surface area contributed by atoms with Crippen LogP contribution in [-0.4, -0.2) is 4.98 Å². The van der Waals surface area contributed by atoms with E-state index in [2.05, 4.69) is 48.5 Å². The minimum Gasteiger partial charge on any atom is -0.399 e. The van der Waals surface area contributed by atoms with Crippen molar-refractivity contribution in [3.8, 4) is 33.6 Å². The van der Waals surface area contributed by atoms with Crippen molar-refractivity contribution in [3.63, 3.8) is 0 Å². The lowest BCUT2D eigenvalue weighted by Crippen LogP contribution is -1.95. The van der Waals surface area contributed by atoms with Gasteiger partial charge in [0, 0.05) is 23.4 Å². The molecule has 0 saturated heterocycles. The molecule has 4 rings (SSSR count). The summed E-state index contributed by atoms with van der Waals surface area (Å²) in [5.74, 6) is 0. The molecule has 0 aliphatic rings. The number of nitrogens with two attached hydrogens (primary N) is 2. The summed E-state index contributed by atoms with van der Waals surface area (Å²) in [6, 6.07) is 30.6. The van der Waals surface area contributed by atoms with Crippen molar-refractivity contribution in [3.05, 3.63) is 96.6 Å². The molecule has 0 unspecified atom stereocenters. The van der Waals surface area contributed by atoms with Crippen molar-refractivity contribution in [1.82, 2.24) is 4.98 Å². The number of pyridine rings is 1. The zero-order valence-corrected chi connectivity index (χ0v) is 15.0. The third kappa shape index (κ3) is 3.73. The molecule has 4 aromatic rings. The molecule has 0 saturated carbocycles. The quantitative estimate of drug-likeness (QED) is 0.501. The lowest BCUT2D eigenvalue weighted by molar-refractivity contribution is 1.07. The van der Waals surface area contributed by atoms with Crippen LogP contribution in [0.1, 0.15) is 5.56 Å². The third-order valence-corrected chi connectivity index (χ3v) is 4.60. The molecule has 0 bridgehead atoms. The Kier molecular flexibility index (Phi) is 4.69. The van der Waals surface area contributed by atoms with Crippen molar-refractivity contribution in [2.75, 3.05) is 5.73 Å². The molecule has 132 valence electrons. The highest BCUT2D eigenvalue weighted by Crippen LogP contribution is 2.30. The van der Waals surface area contributed by atoms with E-state index in [4.69, 9.17) is 16.5 Å². The molecule has 4 N–H and O–H groups in total. The first-order valence-corrected chi connectivity index (χ1v) is 8.96. The predicted molar refractivity (Wildman–Crippen MR) is 113 cm³/mol. The minimum atomic E-state index is 0.542. The Hall–Kier alpha value is -3.43. The Balaban J connectivity index is 1.88. The lowest BCUT2D eigenvalue weighted by Gasteiger charge is -2.11. The molecule has 27 heavy (non-hydrogen) atoms. The van der Waals surface area contributed by atoms with Crippen LogP contribution in [0.4, 0.5) is 5.69 Å². The maximum absolute atomic E-state index is 5.99. The van der Waals surface area contributed by atoms with Gasteiger partial charge in [0.2, 0.25) is 0 Å². The zero-order valence-electron chi connectivity index (χ0n) is 15.0. The van der Waals surface area contributed by atoms with Crippen LogP contribution in [0.2, 0.25) is 0 Å². The van der Waals surface area contributed by atoms with Gasteiger partial charge in [-0.2, -0.15) is 0 Å². The molecule has 0 aliphatic carbocycles. The van der Waals surface area contributed by atoms with Gasteiger partial charge >= 0.3 is 0 Å². The minimum absolute atomic E-state index is 0.542. The monoisotopic (exact) mass is 351 g/mol. The number of anilines is 1. The molecule has 0 radical (unpaired) electrons. The summed E-state index contributed by atoms with van der Waals surface area (Å²) in [6.07, 6.45) is 0. The van der Waals surface area contributed by atoms with Crippen molar-refractivity contribution in [2.24, 2.45) is 5.73 Å². The smallest absolute Gasteiger partial charge is 0.0716 e. The van der Waals surface area contributed by atoms with Gasteiger partial charge in [0.05, 0.1) is 11.4 Å². The topological polar surface area (TPSA) is 64.9 Å². The van der Waals surface area contributed by atoms with Gasteiger partial charge in [-0.25, -0.2) is 4.98 Å². The van der Waals surface area contributed by atoms with E-state index in [9.17, 15) is 0 Å². The summed E-state index contributed by atoms with van der Waals surface area (Å²) < 4.78 is 0. The standard InChI is InChI=1S/C24H21N3/c25-16-17-9-11-18(12-10-17)21-14-23(19-5-2-1-3-6-19)27-24(15-21)20-7-4-8-22(26)13-20/h1-15H,16,25-26H2. The number of nitrogens with zero attached hydrogens (tertiary/aromatic N) is 1. The van der Waals surface area contributed by atoms with E-state index in [0.29, 0.717) is 6.54 Å². The maximum atomic E-state index is 5.99. The number of nitrogen functional groups attached to an aromatic ring is 1. The van der Waals surface area contributed by atoms with Gasteiger partial charge in [-0.15, -0.1) is 0 Å². The van der Waals surface area contributed by atoms with Crippen LogP contribution in [0.15, 0.2) is 91.0 Å². The van der Waals surface area contributed by atoms with Crippen LogP contribution in [-0.2, 0) is 6.54 Å². The van der Waals surface area contributed by atoms with Gasteiger partial charge in [0.15, 0.2) is 0 Å². The molecular formula is C24H21N3. The number of rotatable bonds is 4. The normalized spacial score (nSPS) is 10.7. The van der Waals surface area contributed by atoms with Gasteiger partial charge in [0.25, 0.3) is 0 Å². The first kappa shape index (κ1) is 17.0. The summed E-state index contributed by atoms with van der Waals surface area (Å²) in [5, 5.41) is 0. The summed E-state index contributed by atoms with van der Waals surface area (Å²) in [4.78, 5) is 4.90. The third-order valence-electron chi connectivity index (χ3n) is 4.60. The van der Waals surface area contributed by atoms with Gasteiger partial charge in [-0.1, -0.05) is 66.7 Å². The van der Waals surface area contributed by atoms with Crippen LogP contribution in [0.5, 0.6) is 0 Å². The molecular weight excluding hydrogens is 330 g/mol. The largest absolute Gasteiger partial charge is 0.399 e. The van der Waals surface area contributed by atoms with E-state index < -0.39 is 0 Å².